The van der Waals surface area contributed by atoms with Gasteiger partial charge in [-0.1, -0.05) is 20.3 Å². The number of carbonyl (C=O) groups is 2. The van der Waals surface area contributed by atoms with E-state index in [0.717, 1.165) is 18.3 Å². The highest BCUT2D eigenvalue weighted by Crippen LogP contribution is 2.65. The van der Waals surface area contributed by atoms with E-state index >= 15 is 0 Å². The second-order valence-electron chi connectivity index (χ2n) is 9.60. The number of carbonyl (C=O) groups excluding carboxylic acids is 1. The smallest absolute Gasteiger partial charge is 0.316 e. The first-order chi connectivity index (χ1) is 11.3. The summed E-state index contributed by atoms with van der Waals surface area (Å²) < 4.78 is 0. The lowest BCUT2D eigenvalue weighted by molar-refractivity contribution is -0.174. The van der Waals surface area contributed by atoms with Gasteiger partial charge in [-0.3, -0.25) is 9.59 Å². The summed E-state index contributed by atoms with van der Waals surface area (Å²) in [5.41, 5.74) is 0.492. The lowest BCUT2D eigenvalue weighted by atomic mass is 9.47. The summed E-state index contributed by atoms with van der Waals surface area (Å²) in [6.07, 6.45) is 9.42. The second-order valence-corrected chi connectivity index (χ2v) is 9.60. The number of aliphatic carboxylic acids is 1. The van der Waals surface area contributed by atoms with Crippen LogP contribution in [-0.2, 0) is 9.59 Å². The molecule has 1 amide bonds. The Labute approximate surface area is 145 Å². The lowest BCUT2D eigenvalue weighted by Gasteiger charge is -2.62. The molecule has 0 spiro atoms. The molecule has 0 aromatic carbocycles. The third kappa shape index (κ3) is 2.04. The largest absolute Gasteiger partial charge is 0.481 e. The summed E-state index contributed by atoms with van der Waals surface area (Å²) in [6, 6.07) is 0.229. The van der Waals surface area contributed by atoms with E-state index in [1.807, 2.05) is 7.05 Å². The zero-order chi connectivity index (χ0) is 17.3. The number of fused-ring (bicyclic) bond motifs is 5. The van der Waals surface area contributed by atoms with E-state index in [-0.39, 0.29) is 17.4 Å². The number of carboxylic acids is 1. The predicted molar refractivity (Wildman–Crippen MR) is 91.3 cm³/mol. The van der Waals surface area contributed by atoms with Gasteiger partial charge in [0.1, 0.15) is 5.92 Å². The van der Waals surface area contributed by atoms with Gasteiger partial charge in [0.2, 0.25) is 5.91 Å². The highest BCUT2D eigenvalue weighted by Gasteiger charge is 2.61. The van der Waals surface area contributed by atoms with Crippen LogP contribution in [0.3, 0.4) is 0 Å². The molecule has 4 fully saturated rings. The van der Waals surface area contributed by atoms with Crippen LogP contribution in [0.2, 0.25) is 0 Å². The zero-order valence-corrected chi connectivity index (χ0v) is 15.3. The van der Waals surface area contributed by atoms with Crippen LogP contribution in [-0.4, -0.2) is 35.0 Å². The van der Waals surface area contributed by atoms with E-state index in [1.165, 1.54) is 38.5 Å². The maximum Gasteiger partial charge on any atom is 0.316 e. The van der Waals surface area contributed by atoms with Crippen molar-refractivity contribution in [1.82, 2.24) is 4.90 Å². The number of amides is 1. The molecule has 24 heavy (non-hydrogen) atoms. The van der Waals surface area contributed by atoms with Crippen molar-refractivity contribution < 1.29 is 14.7 Å². The highest BCUT2D eigenvalue weighted by atomic mass is 16.4. The van der Waals surface area contributed by atoms with Crippen molar-refractivity contribution in [3.8, 4) is 0 Å². The van der Waals surface area contributed by atoms with Crippen LogP contribution in [0, 0.1) is 34.5 Å². The average Bonchev–Trinajstić information content (AvgIpc) is 2.92. The summed E-state index contributed by atoms with van der Waals surface area (Å²) in [4.78, 5) is 26.0. The van der Waals surface area contributed by atoms with Crippen molar-refractivity contribution in [3.05, 3.63) is 0 Å². The molecule has 0 aromatic heterocycles. The minimum absolute atomic E-state index is 0.0292. The quantitative estimate of drug-likeness (QED) is 0.747. The molecule has 0 aromatic rings. The average molecular weight is 333 g/mol. The van der Waals surface area contributed by atoms with Gasteiger partial charge in [0, 0.05) is 13.1 Å². The molecule has 1 heterocycles. The van der Waals surface area contributed by atoms with E-state index in [1.54, 1.807) is 4.90 Å². The minimum atomic E-state index is -0.935. The van der Waals surface area contributed by atoms with Crippen molar-refractivity contribution in [2.45, 2.75) is 71.3 Å². The summed E-state index contributed by atoms with van der Waals surface area (Å²) >= 11 is 0. The summed E-state index contributed by atoms with van der Waals surface area (Å²) in [5.74, 6) is 0.195. The van der Waals surface area contributed by atoms with Crippen molar-refractivity contribution in [3.63, 3.8) is 0 Å². The summed E-state index contributed by atoms with van der Waals surface area (Å²) in [5, 5.41) is 9.57. The first-order valence-electron chi connectivity index (χ1n) is 9.77. The number of hydrogen-bond acceptors (Lipinski definition) is 2. The van der Waals surface area contributed by atoms with Gasteiger partial charge in [0.25, 0.3) is 0 Å². The molecule has 7 atom stereocenters. The Morgan fingerprint density at radius 3 is 2.58 bits per heavy atom. The van der Waals surface area contributed by atoms with Gasteiger partial charge in [-0.05, 0) is 73.5 Å². The molecule has 0 radical (unpaired) electrons. The molecule has 4 heteroatoms. The molecule has 134 valence electrons. The fraction of sp³-hybridized carbons (Fsp3) is 0.900. The Morgan fingerprint density at radius 1 is 1.12 bits per heavy atom. The fourth-order valence-corrected chi connectivity index (χ4v) is 7.47. The summed E-state index contributed by atoms with van der Waals surface area (Å²) in [7, 11) is 1.84. The number of likely N-dealkylation sites (tertiary alicyclic amines) is 1. The van der Waals surface area contributed by atoms with Crippen molar-refractivity contribution in [1.29, 1.82) is 0 Å². The molecule has 1 aliphatic heterocycles. The Bertz CT molecular complexity index is 575. The van der Waals surface area contributed by atoms with Crippen LogP contribution in [0.5, 0.6) is 0 Å². The Morgan fingerprint density at radius 2 is 1.88 bits per heavy atom. The maximum absolute atomic E-state index is 12.5. The third-order valence-corrected chi connectivity index (χ3v) is 8.66. The monoisotopic (exact) mass is 333 g/mol. The van der Waals surface area contributed by atoms with E-state index < -0.39 is 11.9 Å². The van der Waals surface area contributed by atoms with Gasteiger partial charge < -0.3 is 10.0 Å². The van der Waals surface area contributed by atoms with E-state index in [9.17, 15) is 14.7 Å². The normalized spacial score (nSPS) is 50.9. The zero-order valence-electron chi connectivity index (χ0n) is 15.3. The van der Waals surface area contributed by atoms with Crippen molar-refractivity contribution in [2.24, 2.45) is 34.5 Å². The van der Waals surface area contributed by atoms with Gasteiger partial charge >= 0.3 is 5.97 Å². The van der Waals surface area contributed by atoms with Gasteiger partial charge in [0.15, 0.2) is 0 Å². The molecule has 0 bridgehead atoms. The topological polar surface area (TPSA) is 57.6 Å². The van der Waals surface area contributed by atoms with Crippen LogP contribution < -0.4 is 0 Å². The van der Waals surface area contributed by atoms with Gasteiger partial charge in [-0.15, -0.1) is 0 Å². The fourth-order valence-electron chi connectivity index (χ4n) is 7.47. The minimum Gasteiger partial charge on any atom is -0.481 e. The van der Waals surface area contributed by atoms with Gasteiger partial charge in [-0.2, -0.15) is 0 Å². The number of hydrogen-bond donors (Lipinski definition) is 1. The number of nitrogens with zero attached hydrogens (tertiary/aromatic N) is 1. The molecule has 3 aliphatic carbocycles. The molecular weight excluding hydrogens is 302 g/mol. The Hall–Kier alpha value is -1.06. The molecule has 4 aliphatic rings. The SMILES string of the molecule is CN1C(=O)C(C(=O)O)C[C@@]2(C)C1CC[C@@H]1[C@H]2CC[C@]2(C)CCC[C@@H]12. The van der Waals surface area contributed by atoms with Gasteiger partial charge in [-0.25, -0.2) is 0 Å². The third-order valence-electron chi connectivity index (χ3n) is 8.66. The Balaban J connectivity index is 1.68. The molecule has 4 nitrogen and oxygen atoms in total. The lowest BCUT2D eigenvalue weighted by Crippen LogP contribution is -2.64. The number of piperidine rings is 1. The van der Waals surface area contributed by atoms with Crippen molar-refractivity contribution in [2.75, 3.05) is 7.05 Å². The molecule has 2 unspecified atom stereocenters. The van der Waals surface area contributed by atoms with Crippen molar-refractivity contribution >= 4 is 11.9 Å². The number of carboxylic acid groups (broad SMARTS) is 1. The first-order valence-corrected chi connectivity index (χ1v) is 9.77. The Kier molecular flexibility index (Phi) is 3.57. The maximum atomic E-state index is 12.5. The van der Waals surface area contributed by atoms with Crippen LogP contribution in [0.15, 0.2) is 0 Å². The second kappa shape index (κ2) is 5.22. The van der Waals surface area contributed by atoms with E-state index in [2.05, 4.69) is 13.8 Å². The van der Waals surface area contributed by atoms with E-state index in [0.29, 0.717) is 17.8 Å². The first kappa shape index (κ1) is 16.4. The molecular formula is C20H31NO3. The molecule has 1 N–H and O–H groups in total. The molecule has 1 saturated heterocycles. The van der Waals surface area contributed by atoms with Crippen LogP contribution in [0.1, 0.15) is 65.2 Å². The summed E-state index contributed by atoms with van der Waals surface area (Å²) in [6.45, 7) is 4.79. The van der Waals surface area contributed by atoms with E-state index in [4.69, 9.17) is 0 Å². The molecule has 3 saturated carbocycles. The van der Waals surface area contributed by atoms with Gasteiger partial charge in [0.05, 0.1) is 0 Å². The highest BCUT2D eigenvalue weighted by molar-refractivity contribution is 5.97. The van der Waals surface area contributed by atoms with Crippen LogP contribution in [0.25, 0.3) is 0 Å². The predicted octanol–water partition coefficient (Wildman–Crippen LogP) is 3.55. The van der Waals surface area contributed by atoms with Crippen LogP contribution >= 0.6 is 0 Å². The number of rotatable bonds is 1. The molecule has 4 rings (SSSR count). The van der Waals surface area contributed by atoms with Crippen LogP contribution in [0.4, 0.5) is 0 Å². The standard InChI is InChI=1S/C20H31NO3/c1-19-9-4-5-14(19)12-6-7-16-20(2,15(12)8-10-19)11-13(18(23)24)17(22)21(16)3/h12-16H,4-11H2,1-3H3,(H,23,24)/t12-,13?,14-,15+,16?,19-,20+/m0/s1.